The van der Waals surface area contributed by atoms with Crippen molar-refractivity contribution in [3.05, 3.63) is 12.7 Å². The second-order valence-electron chi connectivity index (χ2n) is 4.77. The van der Waals surface area contributed by atoms with Crippen LogP contribution in [0.3, 0.4) is 0 Å². The second kappa shape index (κ2) is 4.04. The monoisotopic (exact) mass is 222 g/mol. The summed E-state index contributed by atoms with van der Waals surface area (Å²) in [6, 6.07) is 0. The molecule has 0 aliphatic heterocycles. The standard InChI is InChI=1S/C13H18O3/c1-3-9-8-13(12(15)16-4-2)7-5-6-10(9)11(13)14/h3,9-10H,1,4-8H2,2H3/t9-,10+,13+/m1/s1. The number of hydrogen-bond acceptors (Lipinski definition) is 3. The molecular weight excluding hydrogens is 204 g/mol. The maximum atomic E-state index is 12.2. The van der Waals surface area contributed by atoms with Crippen LogP contribution in [0.1, 0.15) is 32.6 Å². The van der Waals surface area contributed by atoms with Crippen LogP contribution >= 0.6 is 0 Å². The molecule has 2 rings (SSSR count). The Morgan fingerprint density at radius 1 is 1.69 bits per heavy atom. The van der Waals surface area contributed by atoms with E-state index in [0.717, 1.165) is 12.8 Å². The summed E-state index contributed by atoms with van der Waals surface area (Å²) < 4.78 is 5.07. The van der Waals surface area contributed by atoms with Crippen LogP contribution in [-0.4, -0.2) is 18.4 Å². The third-order valence-electron chi connectivity index (χ3n) is 4.00. The van der Waals surface area contributed by atoms with Crippen LogP contribution in [0, 0.1) is 17.3 Å². The summed E-state index contributed by atoms with van der Waals surface area (Å²) in [6.45, 7) is 5.89. The van der Waals surface area contributed by atoms with Crippen molar-refractivity contribution < 1.29 is 14.3 Å². The van der Waals surface area contributed by atoms with Gasteiger partial charge in [0.05, 0.1) is 6.61 Å². The summed E-state index contributed by atoms with van der Waals surface area (Å²) in [5.74, 6) is -0.0359. The van der Waals surface area contributed by atoms with E-state index in [2.05, 4.69) is 6.58 Å². The molecule has 0 N–H and O–H groups in total. The molecule has 0 saturated heterocycles. The lowest BCUT2D eigenvalue weighted by Gasteiger charge is -2.28. The molecule has 2 fully saturated rings. The Labute approximate surface area is 95.9 Å². The maximum Gasteiger partial charge on any atom is 0.319 e. The first kappa shape index (κ1) is 11.4. The van der Waals surface area contributed by atoms with E-state index in [0.29, 0.717) is 19.4 Å². The lowest BCUT2D eigenvalue weighted by molar-refractivity contribution is -0.161. The lowest BCUT2D eigenvalue weighted by atomic mass is 9.74. The van der Waals surface area contributed by atoms with Crippen LogP contribution in [0.15, 0.2) is 12.7 Å². The molecule has 0 aromatic rings. The summed E-state index contributed by atoms with van der Waals surface area (Å²) >= 11 is 0. The van der Waals surface area contributed by atoms with Gasteiger partial charge in [-0.25, -0.2) is 0 Å². The number of fused-ring (bicyclic) bond motifs is 2. The number of hydrogen-bond donors (Lipinski definition) is 0. The highest BCUT2D eigenvalue weighted by Crippen LogP contribution is 2.52. The first-order valence-electron chi connectivity index (χ1n) is 6.00. The normalized spacial score (nSPS) is 37.2. The molecule has 0 aromatic carbocycles. The fraction of sp³-hybridized carbons (Fsp3) is 0.692. The van der Waals surface area contributed by atoms with Gasteiger partial charge >= 0.3 is 5.97 Å². The van der Waals surface area contributed by atoms with Crippen LogP contribution in [0.2, 0.25) is 0 Å². The third-order valence-corrected chi connectivity index (χ3v) is 4.00. The van der Waals surface area contributed by atoms with Gasteiger partial charge in [0.15, 0.2) is 5.78 Å². The zero-order chi connectivity index (χ0) is 11.8. The van der Waals surface area contributed by atoms with Crippen molar-refractivity contribution in [3.8, 4) is 0 Å². The largest absolute Gasteiger partial charge is 0.465 e. The van der Waals surface area contributed by atoms with Crippen LogP contribution in [0.25, 0.3) is 0 Å². The van der Waals surface area contributed by atoms with Crippen molar-refractivity contribution in [1.29, 1.82) is 0 Å². The molecule has 0 unspecified atom stereocenters. The van der Waals surface area contributed by atoms with Crippen LogP contribution < -0.4 is 0 Å². The van der Waals surface area contributed by atoms with Crippen molar-refractivity contribution in [2.45, 2.75) is 32.6 Å². The Kier molecular flexibility index (Phi) is 2.87. The number of esters is 1. The fourth-order valence-electron chi connectivity index (χ4n) is 3.19. The Hall–Kier alpha value is -1.12. The highest BCUT2D eigenvalue weighted by Gasteiger charge is 2.59. The fourth-order valence-corrected chi connectivity index (χ4v) is 3.19. The van der Waals surface area contributed by atoms with E-state index in [1.165, 1.54) is 0 Å². The average molecular weight is 222 g/mol. The Morgan fingerprint density at radius 3 is 3.06 bits per heavy atom. The molecular formula is C13H18O3. The predicted molar refractivity (Wildman–Crippen MR) is 59.7 cm³/mol. The topological polar surface area (TPSA) is 43.4 Å². The Morgan fingerprint density at radius 2 is 2.44 bits per heavy atom. The summed E-state index contributed by atoms with van der Waals surface area (Å²) in [6.07, 6.45) is 4.94. The number of ether oxygens (including phenoxy) is 1. The smallest absolute Gasteiger partial charge is 0.319 e. The Balaban J connectivity index is 2.29. The number of rotatable bonds is 3. The molecule has 0 aromatic heterocycles. The molecule has 0 spiro atoms. The molecule has 3 atom stereocenters. The number of carbonyl (C=O) groups is 2. The summed E-state index contributed by atoms with van der Waals surface area (Å²) in [4.78, 5) is 24.2. The van der Waals surface area contributed by atoms with Gasteiger partial charge in [-0.3, -0.25) is 9.59 Å². The maximum absolute atomic E-state index is 12.2. The summed E-state index contributed by atoms with van der Waals surface area (Å²) in [5.41, 5.74) is -0.836. The van der Waals surface area contributed by atoms with Gasteiger partial charge in [-0.05, 0) is 32.1 Å². The van der Waals surface area contributed by atoms with Crippen molar-refractivity contribution in [1.82, 2.24) is 0 Å². The summed E-state index contributed by atoms with van der Waals surface area (Å²) in [5, 5.41) is 0. The molecule has 16 heavy (non-hydrogen) atoms. The molecule has 2 saturated carbocycles. The first-order valence-corrected chi connectivity index (χ1v) is 6.00. The minimum absolute atomic E-state index is 0.00987. The van der Waals surface area contributed by atoms with Gasteiger partial charge in [0.25, 0.3) is 0 Å². The van der Waals surface area contributed by atoms with E-state index >= 15 is 0 Å². The highest BCUT2D eigenvalue weighted by atomic mass is 16.5. The van der Waals surface area contributed by atoms with Gasteiger partial charge in [-0.1, -0.05) is 12.5 Å². The van der Waals surface area contributed by atoms with E-state index in [-0.39, 0.29) is 23.6 Å². The van der Waals surface area contributed by atoms with Gasteiger partial charge in [-0.2, -0.15) is 0 Å². The Bertz CT molecular complexity index is 334. The predicted octanol–water partition coefficient (Wildman–Crippen LogP) is 2.11. The van der Waals surface area contributed by atoms with Crippen LogP contribution in [0.5, 0.6) is 0 Å². The number of Topliss-reactive ketones (excluding diaryl/α,β-unsaturated/α-hetero) is 1. The van der Waals surface area contributed by atoms with Gasteiger partial charge in [0.2, 0.25) is 0 Å². The minimum atomic E-state index is -0.836. The van der Waals surface area contributed by atoms with Crippen molar-refractivity contribution in [3.63, 3.8) is 0 Å². The quantitative estimate of drug-likeness (QED) is 0.417. The van der Waals surface area contributed by atoms with Gasteiger partial charge in [0.1, 0.15) is 5.41 Å². The SMILES string of the molecule is C=C[C@@H]1C[C@@]2(C(=O)OCC)CCC[C@@H]1C2=O. The van der Waals surface area contributed by atoms with Gasteiger partial charge < -0.3 is 4.74 Å². The van der Waals surface area contributed by atoms with Crippen LogP contribution in [-0.2, 0) is 14.3 Å². The van der Waals surface area contributed by atoms with Gasteiger partial charge in [0, 0.05) is 5.92 Å². The molecule has 88 valence electrons. The van der Waals surface area contributed by atoms with E-state index in [1.807, 2.05) is 6.08 Å². The molecule has 0 heterocycles. The van der Waals surface area contributed by atoms with E-state index in [4.69, 9.17) is 4.74 Å². The van der Waals surface area contributed by atoms with Crippen molar-refractivity contribution in [2.24, 2.45) is 17.3 Å². The number of ketones is 1. The van der Waals surface area contributed by atoms with Crippen molar-refractivity contribution >= 4 is 11.8 Å². The highest BCUT2D eigenvalue weighted by molar-refractivity contribution is 6.07. The van der Waals surface area contributed by atoms with Crippen molar-refractivity contribution in [2.75, 3.05) is 6.61 Å². The molecule has 2 aliphatic carbocycles. The molecule has 3 nitrogen and oxygen atoms in total. The van der Waals surface area contributed by atoms with E-state index in [9.17, 15) is 9.59 Å². The summed E-state index contributed by atoms with van der Waals surface area (Å²) in [7, 11) is 0. The van der Waals surface area contributed by atoms with Gasteiger partial charge in [-0.15, -0.1) is 6.58 Å². The molecule has 0 radical (unpaired) electrons. The van der Waals surface area contributed by atoms with E-state index in [1.54, 1.807) is 6.92 Å². The third kappa shape index (κ3) is 1.41. The number of allylic oxidation sites excluding steroid dienone is 1. The molecule has 3 heteroatoms. The first-order chi connectivity index (χ1) is 7.65. The molecule has 2 bridgehead atoms. The lowest BCUT2D eigenvalue weighted by Crippen LogP contribution is -2.41. The molecule has 2 aliphatic rings. The second-order valence-corrected chi connectivity index (χ2v) is 4.77. The van der Waals surface area contributed by atoms with E-state index < -0.39 is 5.41 Å². The zero-order valence-corrected chi connectivity index (χ0v) is 9.70. The minimum Gasteiger partial charge on any atom is -0.465 e. The average Bonchev–Trinajstić information content (AvgIpc) is 2.47. The molecule has 0 amide bonds. The van der Waals surface area contributed by atoms with Crippen LogP contribution in [0.4, 0.5) is 0 Å². The zero-order valence-electron chi connectivity index (χ0n) is 9.70. The number of carbonyl (C=O) groups excluding carboxylic acids is 2.